The number of hydrogen-bond acceptors (Lipinski definition) is 4. The molecule has 0 aromatic heterocycles. The maximum Gasteiger partial charge on any atom is 0.213 e. The van der Waals surface area contributed by atoms with Crippen LogP contribution in [-0.2, 0) is 14.6 Å². The molecule has 0 aliphatic carbocycles. The Balaban J connectivity index is 2.23. The van der Waals surface area contributed by atoms with Gasteiger partial charge in [-0.1, -0.05) is 25.1 Å². The Morgan fingerprint density at radius 1 is 1.05 bits per heavy atom. The standard InChI is InChI=1S/C15H12O4S/c1-10(9-16)11-6-7-13-15(8-11)20(17,18)14-5-3-2-4-12(14)19-13/h2-10H,1H3. The molecule has 1 aliphatic rings. The Morgan fingerprint density at radius 2 is 1.75 bits per heavy atom. The van der Waals surface area contributed by atoms with Crippen molar-refractivity contribution in [1.82, 2.24) is 0 Å². The lowest BCUT2D eigenvalue weighted by Crippen LogP contribution is -2.11. The molecule has 4 nitrogen and oxygen atoms in total. The largest absolute Gasteiger partial charge is 0.455 e. The van der Waals surface area contributed by atoms with Crippen LogP contribution in [0.25, 0.3) is 0 Å². The molecule has 2 aromatic rings. The van der Waals surface area contributed by atoms with Gasteiger partial charge in [0.15, 0.2) is 0 Å². The Labute approximate surface area is 116 Å². The average Bonchev–Trinajstić information content (AvgIpc) is 2.46. The third-order valence-electron chi connectivity index (χ3n) is 3.35. The van der Waals surface area contributed by atoms with Gasteiger partial charge in [0.2, 0.25) is 9.84 Å². The number of rotatable bonds is 2. The smallest absolute Gasteiger partial charge is 0.213 e. The summed E-state index contributed by atoms with van der Waals surface area (Å²) in [6, 6.07) is 11.3. The Morgan fingerprint density at radius 3 is 2.50 bits per heavy atom. The van der Waals surface area contributed by atoms with Gasteiger partial charge < -0.3 is 9.53 Å². The van der Waals surface area contributed by atoms with Crippen LogP contribution < -0.4 is 4.74 Å². The summed E-state index contributed by atoms with van der Waals surface area (Å²) in [6.45, 7) is 1.72. The zero-order valence-electron chi connectivity index (χ0n) is 10.7. The van der Waals surface area contributed by atoms with Crippen molar-refractivity contribution < 1.29 is 17.9 Å². The summed E-state index contributed by atoms with van der Waals surface area (Å²) in [5, 5.41) is 0. The van der Waals surface area contributed by atoms with Crippen molar-refractivity contribution in [2.45, 2.75) is 22.6 Å². The molecule has 1 atom stereocenters. The van der Waals surface area contributed by atoms with Gasteiger partial charge in [0.25, 0.3) is 0 Å². The fourth-order valence-electron chi connectivity index (χ4n) is 2.17. The minimum absolute atomic E-state index is 0.113. The SMILES string of the molecule is CC(C=O)c1ccc2c(c1)S(=O)(=O)c1ccccc1O2. The lowest BCUT2D eigenvalue weighted by atomic mass is 10.0. The van der Waals surface area contributed by atoms with Crippen LogP contribution in [0.15, 0.2) is 52.3 Å². The van der Waals surface area contributed by atoms with Crippen molar-refractivity contribution in [2.24, 2.45) is 0 Å². The van der Waals surface area contributed by atoms with E-state index >= 15 is 0 Å². The number of para-hydroxylation sites is 1. The van der Waals surface area contributed by atoms with E-state index < -0.39 is 9.84 Å². The number of benzene rings is 2. The van der Waals surface area contributed by atoms with Crippen molar-refractivity contribution in [3.8, 4) is 11.5 Å². The summed E-state index contributed by atoms with van der Waals surface area (Å²) < 4.78 is 30.8. The van der Waals surface area contributed by atoms with Crippen molar-refractivity contribution in [3.05, 3.63) is 48.0 Å². The molecular formula is C15H12O4S. The Bertz CT molecular complexity index is 793. The lowest BCUT2D eigenvalue weighted by molar-refractivity contribution is -0.108. The van der Waals surface area contributed by atoms with Gasteiger partial charge in [0, 0.05) is 5.92 Å². The summed E-state index contributed by atoms with van der Waals surface area (Å²) in [5.74, 6) is 0.273. The van der Waals surface area contributed by atoms with E-state index in [1.54, 1.807) is 37.3 Å². The minimum atomic E-state index is -3.61. The molecule has 1 unspecified atom stereocenters. The third-order valence-corrected chi connectivity index (χ3v) is 5.16. The van der Waals surface area contributed by atoms with E-state index in [2.05, 4.69) is 0 Å². The van der Waals surface area contributed by atoms with Crippen LogP contribution in [0.2, 0.25) is 0 Å². The molecule has 3 rings (SSSR count). The van der Waals surface area contributed by atoms with Gasteiger partial charge in [-0.25, -0.2) is 8.42 Å². The summed E-state index contributed by atoms with van der Waals surface area (Å²) in [6.07, 6.45) is 0.784. The van der Waals surface area contributed by atoms with E-state index in [1.165, 1.54) is 12.1 Å². The molecule has 0 spiro atoms. The molecule has 1 aliphatic heterocycles. The number of ether oxygens (including phenoxy) is 1. The number of aldehydes is 1. The molecule has 20 heavy (non-hydrogen) atoms. The number of fused-ring (bicyclic) bond motifs is 2. The molecule has 0 radical (unpaired) electrons. The zero-order valence-corrected chi connectivity index (χ0v) is 11.6. The molecule has 0 saturated heterocycles. The fourth-order valence-corrected chi connectivity index (χ4v) is 3.71. The summed E-state index contributed by atoms with van der Waals surface area (Å²) >= 11 is 0. The Hall–Kier alpha value is -2.14. The van der Waals surface area contributed by atoms with E-state index in [4.69, 9.17) is 4.74 Å². The van der Waals surface area contributed by atoms with Gasteiger partial charge in [0.1, 0.15) is 27.6 Å². The first-order chi connectivity index (χ1) is 9.54. The predicted molar refractivity (Wildman–Crippen MR) is 72.9 cm³/mol. The minimum Gasteiger partial charge on any atom is -0.455 e. The van der Waals surface area contributed by atoms with E-state index in [1.807, 2.05) is 0 Å². The number of sulfone groups is 1. The molecule has 0 fully saturated rings. The molecule has 0 N–H and O–H groups in total. The monoisotopic (exact) mass is 288 g/mol. The van der Waals surface area contributed by atoms with Crippen molar-refractivity contribution in [2.75, 3.05) is 0 Å². The number of carbonyl (C=O) groups is 1. The molecule has 2 aromatic carbocycles. The van der Waals surface area contributed by atoms with Crippen LogP contribution in [0.5, 0.6) is 11.5 Å². The lowest BCUT2D eigenvalue weighted by Gasteiger charge is -2.21. The quantitative estimate of drug-likeness (QED) is 0.680. The van der Waals surface area contributed by atoms with Gasteiger partial charge in [-0.2, -0.15) is 0 Å². The second-order valence-corrected chi connectivity index (χ2v) is 6.57. The second kappa shape index (κ2) is 4.45. The highest BCUT2D eigenvalue weighted by Gasteiger charge is 2.31. The first-order valence-electron chi connectivity index (χ1n) is 6.15. The maximum absolute atomic E-state index is 12.6. The van der Waals surface area contributed by atoms with Gasteiger partial charge >= 0.3 is 0 Å². The van der Waals surface area contributed by atoms with Crippen LogP contribution in [0.1, 0.15) is 18.4 Å². The van der Waals surface area contributed by atoms with Gasteiger partial charge in [0.05, 0.1) is 0 Å². The Kier molecular flexibility index (Phi) is 2.87. The molecular weight excluding hydrogens is 276 g/mol. The van der Waals surface area contributed by atoms with E-state index in [0.29, 0.717) is 17.1 Å². The first-order valence-corrected chi connectivity index (χ1v) is 7.63. The normalized spacial score (nSPS) is 16.4. The fraction of sp³-hybridized carbons (Fsp3) is 0.133. The summed E-state index contributed by atoms with van der Waals surface area (Å²) in [5.41, 5.74) is 0.658. The highest BCUT2D eigenvalue weighted by atomic mass is 32.2. The molecule has 0 saturated carbocycles. The van der Waals surface area contributed by atoms with Gasteiger partial charge in [-0.15, -0.1) is 0 Å². The molecule has 5 heteroatoms. The van der Waals surface area contributed by atoms with Crippen LogP contribution in [0, 0.1) is 0 Å². The third kappa shape index (κ3) is 1.82. The first kappa shape index (κ1) is 12.9. The van der Waals surface area contributed by atoms with Crippen LogP contribution in [0.3, 0.4) is 0 Å². The molecule has 0 amide bonds. The van der Waals surface area contributed by atoms with E-state index in [9.17, 15) is 13.2 Å². The topological polar surface area (TPSA) is 60.4 Å². The summed E-state index contributed by atoms with van der Waals surface area (Å²) in [7, 11) is -3.61. The highest BCUT2D eigenvalue weighted by molar-refractivity contribution is 7.91. The van der Waals surface area contributed by atoms with Crippen molar-refractivity contribution >= 4 is 16.1 Å². The number of carbonyl (C=O) groups excluding carboxylic acids is 1. The summed E-state index contributed by atoms with van der Waals surface area (Å²) in [4.78, 5) is 11.1. The predicted octanol–water partition coefficient (Wildman–Crippen LogP) is 2.93. The molecule has 1 heterocycles. The van der Waals surface area contributed by atoms with Gasteiger partial charge in [-0.3, -0.25) is 0 Å². The van der Waals surface area contributed by atoms with Crippen LogP contribution >= 0.6 is 0 Å². The maximum atomic E-state index is 12.6. The van der Waals surface area contributed by atoms with Crippen molar-refractivity contribution in [1.29, 1.82) is 0 Å². The van der Waals surface area contributed by atoms with Gasteiger partial charge in [-0.05, 0) is 29.8 Å². The molecule has 0 bridgehead atoms. The van der Waals surface area contributed by atoms with Crippen molar-refractivity contribution in [3.63, 3.8) is 0 Å². The number of hydrogen-bond donors (Lipinski definition) is 0. The molecule has 102 valence electrons. The van der Waals surface area contributed by atoms with Crippen LogP contribution in [0.4, 0.5) is 0 Å². The highest BCUT2D eigenvalue weighted by Crippen LogP contribution is 2.43. The van der Waals surface area contributed by atoms with E-state index in [0.717, 1.165) is 6.29 Å². The van der Waals surface area contributed by atoms with E-state index in [-0.39, 0.29) is 15.7 Å². The second-order valence-electron chi connectivity index (χ2n) is 4.68. The zero-order chi connectivity index (χ0) is 14.3. The average molecular weight is 288 g/mol. The van der Waals surface area contributed by atoms with Crippen LogP contribution in [-0.4, -0.2) is 14.7 Å².